The van der Waals surface area contributed by atoms with E-state index in [0.717, 1.165) is 48.9 Å². The van der Waals surface area contributed by atoms with Gasteiger partial charge in [-0.05, 0) is 55.0 Å². The first-order valence-electron chi connectivity index (χ1n) is 11.1. The van der Waals surface area contributed by atoms with Crippen LogP contribution in [0.5, 0.6) is 5.75 Å². The van der Waals surface area contributed by atoms with Crippen LogP contribution in [-0.4, -0.2) is 43.4 Å². The zero-order chi connectivity index (χ0) is 23.9. The molecule has 9 heteroatoms. The molecule has 0 atom stereocenters. The van der Waals surface area contributed by atoms with Crippen molar-refractivity contribution in [1.82, 2.24) is 9.55 Å². The van der Waals surface area contributed by atoms with E-state index in [2.05, 4.69) is 9.88 Å². The summed E-state index contributed by atoms with van der Waals surface area (Å²) in [4.78, 5) is 19.6. The minimum atomic E-state index is -3.29. The fourth-order valence-corrected chi connectivity index (χ4v) is 4.75. The maximum atomic E-state index is 12.6. The molecule has 0 radical (unpaired) electrons. The van der Waals surface area contributed by atoms with Crippen LogP contribution in [0.1, 0.15) is 18.4 Å². The number of pyridine rings is 1. The molecule has 1 aliphatic rings. The molecule has 0 N–H and O–H groups in total. The molecule has 1 saturated heterocycles. The molecular formula is C25H25N3O5S. The molecule has 0 saturated carbocycles. The summed E-state index contributed by atoms with van der Waals surface area (Å²) in [6.07, 6.45) is 4.36. The van der Waals surface area contributed by atoms with Crippen LogP contribution in [-0.2, 0) is 9.84 Å². The SMILES string of the molecule is Cc1ccc2oc(N3CCC(Oc4ccn(-c5ccc(S(C)(=O)=O)cc5)c(=O)c4)CC3)nc2c1. The molecule has 0 aliphatic carbocycles. The summed E-state index contributed by atoms with van der Waals surface area (Å²) in [5, 5.41) is 0. The van der Waals surface area contributed by atoms with Crippen LogP contribution in [0.15, 0.2) is 74.9 Å². The highest BCUT2D eigenvalue weighted by atomic mass is 32.2. The quantitative estimate of drug-likeness (QED) is 0.430. The Hall–Kier alpha value is -3.59. The van der Waals surface area contributed by atoms with Gasteiger partial charge in [-0.25, -0.2) is 8.42 Å². The summed E-state index contributed by atoms with van der Waals surface area (Å²) in [6.45, 7) is 3.53. The lowest BCUT2D eigenvalue weighted by Crippen LogP contribution is -2.38. The lowest BCUT2D eigenvalue weighted by atomic mass is 10.1. The highest BCUT2D eigenvalue weighted by Crippen LogP contribution is 2.26. The summed E-state index contributed by atoms with van der Waals surface area (Å²) in [6, 6.07) is 16.0. The molecule has 3 heterocycles. The molecule has 34 heavy (non-hydrogen) atoms. The molecular weight excluding hydrogens is 454 g/mol. The van der Waals surface area contributed by atoms with Gasteiger partial charge in [0, 0.05) is 50.1 Å². The number of nitrogens with zero attached hydrogens (tertiary/aromatic N) is 3. The van der Waals surface area contributed by atoms with Gasteiger partial charge in [-0.3, -0.25) is 9.36 Å². The molecule has 4 aromatic rings. The lowest BCUT2D eigenvalue weighted by Gasteiger charge is -2.31. The van der Waals surface area contributed by atoms with Crippen molar-refractivity contribution >= 4 is 27.0 Å². The van der Waals surface area contributed by atoms with Crippen molar-refractivity contribution in [2.24, 2.45) is 0 Å². The molecule has 0 spiro atoms. The highest BCUT2D eigenvalue weighted by molar-refractivity contribution is 7.90. The number of benzene rings is 2. The second kappa shape index (κ2) is 8.64. The zero-order valence-corrected chi connectivity index (χ0v) is 19.8. The summed E-state index contributed by atoms with van der Waals surface area (Å²) >= 11 is 0. The molecule has 8 nitrogen and oxygen atoms in total. The minimum absolute atomic E-state index is 0.00725. The molecule has 0 amide bonds. The smallest absolute Gasteiger partial charge is 0.298 e. The largest absolute Gasteiger partial charge is 0.490 e. The Labute approximate surface area is 197 Å². The fraction of sp³-hybridized carbons (Fsp3) is 0.280. The number of aryl methyl sites for hydroxylation is 1. The number of hydrogen-bond donors (Lipinski definition) is 0. The number of ether oxygens (including phenoxy) is 1. The van der Waals surface area contributed by atoms with Crippen LogP contribution in [0.25, 0.3) is 16.8 Å². The number of piperidine rings is 1. The van der Waals surface area contributed by atoms with Crippen LogP contribution in [0, 0.1) is 6.92 Å². The van der Waals surface area contributed by atoms with Gasteiger partial charge in [0.1, 0.15) is 17.4 Å². The topological polar surface area (TPSA) is 94.6 Å². The van der Waals surface area contributed by atoms with Crippen LogP contribution in [0.3, 0.4) is 0 Å². The van der Waals surface area contributed by atoms with Gasteiger partial charge in [0.15, 0.2) is 15.4 Å². The summed E-state index contributed by atoms with van der Waals surface area (Å²) in [5.41, 5.74) is 3.13. The molecule has 2 aromatic heterocycles. The van der Waals surface area contributed by atoms with E-state index >= 15 is 0 Å². The van der Waals surface area contributed by atoms with Crippen molar-refractivity contribution in [2.75, 3.05) is 24.2 Å². The third kappa shape index (κ3) is 4.56. The van der Waals surface area contributed by atoms with Gasteiger partial charge in [-0.15, -0.1) is 0 Å². The van der Waals surface area contributed by atoms with Crippen molar-refractivity contribution in [3.8, 4) is 11.4 Å². The number of rotatable bonds is 5. The van der Waals surface area contributed by atoms with E-state index < -0.39 is 9.84 Å². The number of oxazole rings is 1. The molecule has 2 aromatic carbocycles. The Morgan fingerprint density at radius 3 is 2.44 bits per heavy atom. The van der Waals surface area contributed by atoms with Gasteiger partial charge in [0.2, 0.25) is 0 Å². The van der Waals surface area contributed by atoms with Crippen molar-refractivity contribution in [3.63, 3.8) is 0 Å². The normalized spacial score (nSPS) is 15.1. The number of anilines is 1. The average Bonchev–Trinajstić information content (AvgIpc) is 3.22. The predicted molar refractivity (Wildman–Crippen MR) is 130 cm³/mol. The Morgan fingerprint density at radius 2 is 1.76 bits per heavy atom. The fourth-order valence-electron chi connectivity index (χ4n) is 4.12. The molecule has 0 unspecified atom stereocenters. The summed E-state index contributed by atoms with van der Waals surface area (Å²) in [5.74, 6) is 0.518. The highest BCUT2D eigenvalue weighted by Gasteiger charge is 2.24. The molecule has 5 rings (SSSR count). The Balaban J connectivity index is 1.23. The molecule has 1 fully saturated rings. The third-order valence-electron chi connectivity index (χ3n) is 5.98. The average molecular weight is 480 g/mol. The number of fused-ring (bicyclic) bond motifs is 1. The van der Waals surface area contributed by atoms with E-state index in [-0.39, 0.29) is 16.6 Å². The van der Waals surface area contributed by atoms with E-state index in [9.17, 15) is 13.2 Å². The predicted octanol–water partition coefficient (Wildman–Crippen LogP) is 3.74. The molecule has 1 aliphatic heterocycles. The van der Waals surface area contributed by atoms with Gasteiger partial charge >= 0.3 is 0 Å². The van der Waals surface area contributed by atoms with Crippen molar-refractivity contribution in [1.29, 1.82) is 0 Å². The van der Waals surface area contributed by atoms with E-state index in [0.29, 0.717) is 17.5 Å². The Bertz CT molecular complexity index is 1500. The maximum Gasteiger partial charge on any atom is 0.298 e. The van der Waals surface area contributed by atoms with Gasteiger partial charge in [-0.2, -0.15) is 4.98 Å². The number of hydrogen-bond acceptors (Lipinski definition) is 7. The van der Waals surface area contributed by atoms with Gasteiger partial charge in [0.25, 0.3) is 11.6 Å². The van der Waals surface area contributed by atoms with Crippen molar-refractivity contribution < 1.29 is 17.6 Å². The standard InChI is InChI=1S/C25H25N3O5S/c1-17-3-8-23-22(15-17)26-25(33-23)27-12-9-19(10-13-27)32-20-11-14-28(24(29)16-20)18-4-6-21(7-5-18)34(2,30)31/h3-8,11,14-16,19H,9-10,12-13H2,1-2H3. The van der Waals surface area contributed by atoms with Crippen LogP contribution in [0.2, 0.25) is 0 Å². The first-order chi connectivity index (χ1) is 16.3. The third-order valence-corrected chi connectivity index (χ3v) is 7.11. The van der Waals surface area contributed by atoms with Crippen LogP contribution in [0.4, 0.5) is 6.01 Å². The molecule has 176 valence electrons. The Morgan fingerprint density at radius 1 is 1.03 bits per heavy atom. The van der Waals surface area contributed by atoms with Crippen LogP contribution >= 0.6 is 0 Å². The Kier molecular flexibility index (Phi) is 5.65. The summed E-state index contributed by atoms with van der Waals surface area (Å²) in [7, 11) is -3.29. The van der Waals surface area contributed by atoms with Gasteiger partial charge in [0.05, 0.1) is 4.90 Å². The first kappa shape index (κ1) is 22.2. The van der Waals surface area contributed by atoms with Gasteiger partial charge in [-0.1, -0.05) is 6.07 Å². The van der Waals surface area contributed by atoms with E-state index in [1.54, 1.807) is 24.4 Å². The second-order valence-corrected chi connectivity index (χ2v) is 10.6. The first-order valence-corrected chi connectivity index (χ1v) is 13.0. The summed E-state index contributed by atoms with van der Waals surface area (Å²) < 4.78 is 36.7. The number of aromatic nitrogens is 2. The minimum Gasteiger partial charge on any atom is -0.490 e. The molecule has 0 bridgehead atoms. The van der Waals surface area contributed by atoms with E-state index in [1.165, 1.54) is 22.8 Å². The second-order valence-electron chi connectivity index (χ2n) is 8.61. The zero-order valence-electron chi connectivity index (χ0n) is 19.0. The van der Waals surface area contributed by atoms with E-state index in [1.807, 2.05) is 25.1 Å². The van der Waals surface area contributed by atoms with Crippen LogP contribution < -0.4 is 15.2 Å². The monoisotopic (exact) mass is 479 g/mol. The number of sulfone groups is 1. The van der Waals surface area contributed by atoms with E-state index in [4.69, 9.17) is 9.15 Å². The van der Waals surface area contributed by atoms with Crippen molar-refractivity contribution in [3.05, 3.63) is 76.7 Å². The lowest BCUT2D eigenvalue weighted by molar-refractivity contribution is 0.169. The van der Waals surface area contributed by atoms with Gasteiger partial charge < -0.3 is 14.1 Å². The maximum absolute atomic E-state index is 12.6. The van der Waals surface area contributed by atoms with Crippen molar-refractivity contribution in [2.45, 2.75) is 30.8 Å².